The molecule has 2 rings (SSSR count). The van der Waals surface area contributed by atoms with E-state index in [0.717, 1.165) is 19.2 Å². The molecule has 0 radical (unpaired) electrons. The number of ether oxygens (including phenoxy) is 1. The molecule has 0 unspecified atom stereocenters. The quantitative estimate of drug-likeness (QED) is 0.625. The van der Waals surface area contributed by atoms with Gasteiger partial charge in [-0.1, -0.05) is 0 Å². The Bertz CT molecular complexity index is 888. The summed E-state index contributed by atoms with van der Waals surface area (Å²) < 4.78 is 58.0. The topological polar surface area (TPSA) is 61.2 Å². The molecule has 0 atom stereocenters. The molecular weight excluding hydrogens is 344 g/mol. The van der Waals surface area contributed by atoms with Crippen molar-refractivity contribution in [2.45, 2.75) is 20.0 Å². The first-order valence-electron chi connectivity index (χ1n) is 7.19. The third kappa shape index (κ3) is 3.70. The number of halogens is 4. The average Bonchev–Trinajstić information content (AvgIpc) is 2.48. The number of rotatable bonds is 3. The Balaban J connectivity index is 2.67. The monoisotopic (exact) mass is 358 g/mol. The van der Waals surface area contributed by atoms with Crippen LogP contribution < -0.4 is 5.43 Å². The first-order chi connectivity index (χ1) is 11.6. The number of benzene rings is 1. The largest absolute Gasteiger partial charge is 0.462 e. The van der Waals surface area contributed by atoms with Crippen LogP contribution in [0.3, 0.4) is 0 Å². The normalized spacial score (nSPS) is 11.5. The van der Waals surface area contributed by atoms with Crippen LogP contribution in [0, 0.1) is 12.7 Å². The molecule has 25 heavy (non-hydrogen) atoms. The summed E-state index contributed by atoms with van der Waals surface area (Å²) in [7, 11) is 0.990. The van der Waals surface area contributed by atoms with Crippen LogP contribution >= 0.6 is 0 Å². The number of esters is 1. The summed E-state index contributed by atoms with van der Waals surface area (Å²) in [5.74, 6) is -1.61. The highest BCUT2D eigenvalue weighted by atomic mass is 19.4. The summed E-state index contributed by atoms with van der Waals surface area (Å²) in [5, 5.41) is 3.54. The van der Waals surface area contributed by atoms with Gasteiger partial charge in [-0.15, -0.1) is 0 Å². The van der Waals surface area contributed by atoms with Gasteiger partial charge < -0.3 is 4.74 Å². The fourth-order valence-electron chi connectivity index (χ4n) is 2.27. The lowest BCUT2D eigenvalue weighted by Crippen LogP contribution is -2.23. The van der Waals surface area contributed by atoms with Gasteiger partial charge in [0.25, 0.3) is 0 Å². The van der Waals surface area contributed by atoms with Crippen LogP contribution in [0.25, 0.3) is 11.3 Å². The molecule has 0 saturated carbocycles. The Morgan fingerprint density at radius 3 is 2.48 bits per heavy atom. The molecule has 0 aliphatic carbocycles. The molecule has 0 saturated heterocycles. The van der Waals surface area contributed by atoms with Gasteiger partial charge in [-0.25, -0.2) is 9.18 Å². The van der Waals surface area contributed by atoms with Gasteiger partial charge in [0.2, 0.25) is 5.43 Å². The van der Waals surface area contributed by atoms with Crippen molar-refractivity contribution in [2.24, 2.45) is 7.05 Å². The predicted octanol–water partition coefficient (Wildman–Crippen LogP) is 3.09. The van der Waals surface area contributed by atoms with Gasteiger partial charge in [-0.3, -0.25) is 9.48 Å². The van der Waals surface area contributed by atoms with Crippen LogP contribution in [0.1, 0.15) is 28.5 Å². The Kier molecular flexibility index (Phi) is 4.96. The molecule has 134 valence electrons. The molecule has 0 aliphatic heterocycles. The number of aryl methyl sites for hydroxylation is 2. The van der Waals surface area contributed by atoms with Gasteiger partial charge in [-0.2, -0.15) is 18.3 Å². The fraction of sp³-hybridized carbons (Fsp3) is 0.312. The van der Waals surface area contributed by atoms with Crippen molar-refractivity contribution in [3.05, 3.63) is 51.1 Å². The van der Waals surface area contributed by atoms with Gasteiger partial charge in [0.05, 0.1) is 12.2 Å². The summed E-state index contributed by atoms with van der Waals surface area (Å²) in [6.07, 6.45) is -4.78. The van der Waals surface area contributed by atoms with E-state index in [4.69, 9.17) is 4.74 Å². The lowest BCUT2D eigenvalue weighted by molar-refractivity contribution is -0.144. The Morgan fingerprint density at radius 1 is 1.28 bits per heavy atom. The van der Waals surface area contributed by atoms with E-state index < -0.39 is 34.8 Å². The zero-order valence-corrected chi connectivity index (χ0v) is 13.6. The molecule has 0 amide bonds. The van der Waals surface area contributed by atoms with Crippen molar-refractivity contribution in [1.29, 1.82) is 0 Å². The van der Waals surface area contributed by atoms with E-state index >= 15 is 0 Å². The van der Waals surface area contributed by atoms with E-state index in [-0.39, 0.29) is 23.3 Å². The standard InChI is InChI=1S/C16H14F4N2O3/c1-4-25-15(24)9-6-10(11(17)5-8(9)2)14-12(23)7-13(16(18,19)20)22(3)21-14/h5-7H,4H2,1-3H3. The van der Waals surface area contributed by atoms with Crippen LogP contribution in [0.15, 0.2) is 23.0 Å². The Labute approximate surface area is 139 Å². The molecule has 0 N–H and O–H groups in total. The third-order valence-corrected chi connectivity index (χ3v) is 3.45. The van der Waals surface area contributed by atoms with Gasteiger partial charge in [0.15, 0.2) is 0 Å². The van der Waals surface area contributed by atoms with Gasteiger partial charge in [-0.05, 0) is 31.5 Å². The van der Waals surface area contributed by atoms with Gasteiger partial charge in [0, 0.05) is 18.7 Å². The molecule has 0 bridgehead atoms. The smallest absolute Gasteiger partial charge is 0.433 e. The van der Waals surface area contributed by atoms with E-state index in [0.29, 0.717) is 10.7 Å². The minimum absolute atomic E-state index is 0.00185. The number of alkyl halides is 3. The van der Waals surface area contributed by atoms with E-state index in [2.05, 4.69) is 5.10 Å². The summed E-state index contributed by atoms with van der Waals surface area (Å²) in [6.45, 7) is 3.15. The molecule has 2 aromatic rings. The highest BCUT2D eigenvalue weighted by molar-refractivity contribution is 5.92. The average molecular weight is 358 g/mol. The molecule has 0 aliphatic rings. The van der Waals surface area contributed by atoms with Gasteiger partial charge >= 0.3 is 12.1 Å². The number of aromatic nitrogens is 2. The van der Waals surface area contributed by atoms with Crippen LogP contribution in [0.4, 0.5) is 17.6 Å². The first-order valence-corrected chi connectivity index (χ1v) is 7.19. The highest BCUT2D eigenvalue weighted by Gasteiger charge is 2.34. The molecule has 5 nitrogen and oxygen atoms in total. The van der Waals surface area contributed by atoms with E-state index in [1.165, 1.54) is 6.92 Å². The highest BCUT2D eigenvalue weighted by Crippen LogP contribution is 2.29. The molecule has 9 heteroatoms. The Morgan fingerprint density at radius 2 is 1.92 bits per heavy atom. The van der Waals surface area contributed by atoms with Crippen molar-refractivity contribution < 1.29 is 27.1 Å². The second kappa shape index (κ2) is 6.66. The lowest BCUT2D eigenvalue weighted by atomic mass is 10.0. The molecule has 1 heterocycles. The summed E-state index contributed by atoms with van der Waals surface area (Å²) >= 11 is 0. The van der Waals surface area contributed by atoms with Crippen molar-refractivity contribution in [3.8, 4) is 11.3 Å². The molecule has 0 spiro atoms. The second-order valence-corrected chi connectivity index (χ2v) is 5.23. The number of hydrogen-bond donors (Lipinski definition) is 0. The summed E-state index contributed by atoms with van der Waals surface area (Å²) in [4.78, 5) is 23.9. The maximum atomic E-state index is 14.2. The second-order valence-electron chi connectivity index (χ2n) is 5.23. The fourth-order valence-corrected chi connectivity index (χ4v) is 2.27. The van der Waals surface area contributed by atoms with Crippen LogP contribution in [-0.2, 0) is 18.0 Å². The number of hydrogen-bond acceptors (Lipinski definition) is 4. The maximum Gasteiger partial charge on any atom is 0.433 e. The molecule has 1 aromatic carbocycles. The SMILES string of the molecule is CCOC(=O)c1cc(-c2nn(C)c(C(F)(F)F)cc2=O)c(F)cc1C. The zero-order valence-electron chi connectivity index (χ0n) is 13.6. The maximum absolute atomic E-state index is 14.2. The molecule has 1 aromatic heterocycles. The minimum atomic E-state index is -4.78. The minimum Gasteiger partial charge on any atom is -0.462 e. The number of nitrogens with zero attached hydrogens (tertiary/aromatic N) is 2. The molecular formula is C16H14F4N2O3. The number of carbonyl (C=O) groups is 1. The third-order valence-electron chi connectivity index (χ3n) is 3.45. The van der Waals surface area contributed by atoms with E-state index in [1.54, 1.807) is 6.92 Å². The van der Waals surface area contributed by atoms with Crippen molar-refractivity contribution in [2.75, 3.05) is 6.61 Å². The number of carbonyl (C=O) groups excluding carboxylic acids is 1. The predicted molar refractivity (Wildman–Crippen MR) is 80.6 cm³/mol. The van der Waals surface area contributed by atoms with Gasteiger partial charge in [0.1, 0.15) is 17.2 Å². The first kappa shape index (κ1) is 18.6. The summed E-state index contributed by atoms with van der Waals surface area (Å²) in [5.41, 5.74) is -3.01. The van der Waals surface area contributed by atoms with E-state index in [1.807, 2.05) is 0 Å². The van der Waals surface area contributed by atoms with Crippen molar-refractivity contribution >= 4 is 5.97 Å². The van der Waals surface area contributed by atoms with Crippen LogP contribution in [-0.4, -0.2) is 22.4 Å². The Hall–Kier alpha value is -2.71. The van der Waals surface area contributed by atoms with Crippen LogP contribution in [0.2, 0.25) is 0 Å². The summed E-state index contributed by atoms with van der Waals surface area (Å²) in [6, 6.07) is 2.39. The van der Waals surface area contributed by atoms with Crippen molar-refractivity contribution in [1.82, 2.24) is 9.78 Å². The van der Waals surface area contributed by atoms with Crippen LogP contribution in [0.5, 0.6) is 0 Å². The zero-order chi connectivity index (χ0) is 18.9. The van der Waals surface area contributed by atoms with Crippen molar-refractivity contribution in [3.63, 3.8) is 0 Å². The molecule has 0 fully saturated rings. The lowest BCUT2D eigenvalue weighted by Gasteiger charge is -2.13. The van der Waals surface area contributed by atoms with E-state index in [9.17, 15) is 27.2 Å².